The van der Waals surface area contributed by atoms with Crippen LogP contribution >= 0.6 is 0 Å². The second-order valence-electron chi connectivity index (χ2n) is 7.96. The quantitative estimate of drug-likeness (QED) is 0.573. The second-order valence-corrected chi connectivity index (χ2v) is 7.96. The first-order chi connectivity index (χ1) is 15.2. The van der Waals surface area contributed by atoms with Crippen LogP contribution in [-0.2, 0) is 24.3 Å². The highest BCUT2D eigenvalue weighted by Crippen LogP contribution is 2.29. The van der Waals surface area contributed by atoms with E-state index in [2.05, 4.69) is 54.3 Å². The average molecular weight is 419 g/mol. The molecule has 5 heteroatoms. The van der Waals surface area contributed by atoms with Crippen molar-refractivity contribution in [1.29, 1.82) is 0 Å². The third kappa shape index (κ3) is 5.00. The summed E-state index contributed by atoms with van der Waals surface area (Å²) in [5.74, 6) is 0.912. The predicted molar refractivity (Wildman–Crippen MR) is 123 cm³/mol. The normalized spacial score (nSPS) is 14.6. The zero-order chi connectivity index (χ0) is 21.6. The summed E-state index contributed by atoms with van der Waals surface area (Å²) < 4.78 is 11.2. The number of fused-ring (bicyclic) bond motifs is 1. The minimum atomic E-state index is -0.234. The first kappa shape index (κ1) is 21.2. The van der Waals surface area contributed by atoms with Crippen LogP contribution in [-0.4, -0.2) is 49.2 Å². The zero-order valence-corrected chi connectivity index (χ0v) is 18.3. The number of aryl methyl sites for hydroxylation is 1. The van der Waals surface area contributed by atoms with Gasteiger partial charge in [0.15, 0.2) is 0 Å². The Labute approximate surface area is 184 Å². The molecule has 1 heterocycles. The number of benzene rings is 3. The van der Waals surface area contributed by atoms with Crippen molar-refractivity contribution in [2.45, 2.75) is 26.5 Å². The summed E-state index contributed by atoms with van der Waals surface area (Å²) in [7, 11) is 1.72. The number of carbonyl (C=O) groups is 1. The maximum absolute atomic E-state index is 12.5. The van der Waals surface area contributed by atoms with Crippen molar-refractivity contribution >= 4 is 16.9 Å². The van der Waals surface area contributed by atoms with Crippen LogP contribution in [0.4, 0.5) is 4.79 Å². The van der Waals surface area contributed by atoms with Gasteiger partial charge in [-0.05, 0) is 34.4 Å². The molecule has 0 aliphatic carbocycles. The van der Waals surface area contributed by atoms with Crippen molar-refractivity contribution in [1.82, 2.24) is 9.80 Å². The van der Waals surface area contributed by atoms with Crippen molar-refractivity contribution in [2.24, 2.45) is 0 Å². The monoisotopic (exact) mass is 418 g/mol. The van der Waals surface area contributed by atoms with Gasteiger partial charge < -0.3 is 14.4 Å². The van der Waals surface area contributed by atoms with Crippen LogP contribution in [0.3, 0.4) is 0 Å². The van der Waals surface area contributed by atoms with Gasteiger partial charge in [0.05, 0.1) is 7.11 Å². The Hall–Kier alpha value is -3.05. The minimum absolute atomic E-state index is 0.234. The van der Waals surface area contributed by atoms with Crippen LogP contribution in [0, 0.1) is 0 Å². The van der Waals surface area contributed by atoms with Gasteiger partial charge in [-0.15, -0.1) is 0 Å². The van der Waals surface area contributed by atoms with E-state index in [0.717, 1.165) is 37.4 Å². The summed E-state index contributed by atoms with van der Waals surface area (Å²) in [6.45, 7) is 6.21. The van der Waals surface area contributed by atoms with Gasteiger partial charge in [-0.3, -0.25) is 4.90 Å². The lowest BCUT2D eigenvalue weighted by molar-refractivity contribution is 0.0699. The number of rotatable bonds is 6. The van der Waals surface area contributed by atoms with Crippen LogP contribution in [0.5, 0.6) is 5.75 Å². The van der Waals surface area contributed by atoms with Gasteiger partial charge in [0.1, 0.15) is 12.4 Å². The van der Waals surface area contributed by atoms with Crippen molar-refractivity contribution in [2.75, 3.05) is 33.3 Å². The van der Waals surface area contributed by atoms with E-state index >= 15 is 0 Å². The molecule has 0 radical (unpaired) electrons. The maximum Gasteiger partial charge on any atom is 0.410 e. The fourth-order valence-corrected chi connectivity index (χ4v) is 4.09. The van der Waals surface area contributed by atoms with Gasteiger partial charge in [-0.1, -0.05) is 61.5 Å². The number of hydrogen-bond acceptors (Lipinski definition) is 4. The molecule has 162 valence electrons. The highest BCUT2D eigenvalue weighted by molar-refractivity contribution is 5.87. The summed E-state index contributed by atoms with van der Waals surface area (Å²) in [5.41, 5.74) is 3.51. The molecule has 0 aromatic heterocycles. The first-order valence-electron chi connectivity index (χ1n) is 10.9. The smallest absolute Gasteiger partial charge is 0.410 e. The largest absolute Gasteiger partial charge is 0.496 e. The van der Waals surface area contributed by atoms with Crippen LogP contribution < -0.4 is 4.74 Å². The third-order valence-corrected chi connectivity index (χ3v) is 6.02. The van der Waals surface area contributed by atoms with Crippen LogP contribution in [0.2, 0.25) is 0 Å². The van der Waals surface area contributed by atoms with Crippen LogP contribution in [0.25, 0.3) is 10.8 Å². The SMILES string of the molecule is CCc1ccc(COC(=O)N2CCN(Cc3c(OC)ccc4ccccc34)CC2)cc1. The van der Waals surface area contributed by atoms with E-state index in [0.29, 0.717) is 19.7 Å². The first-order valence-corrected chi connectivity index (χ1v) is 10.9. The molecule has 0 N–H and O–H groups in total. The Morgan fingerprint density at radius 2 is 1.61 bits per heavy atom. The number of methoxy groups -OCH3 is 1. The molecule has 0 spiro atoms. The molecule has 3 aromatic carbocycles. The van der Waals surface area contributed by atoms with Crippen molar-refractivity contribution < 1.29 is 14.3 Å². The van der Waals surface area contributed by atoms with E-state index < -0.39 is 0 Å². The molecule has 0 unspecified atom stereocenters. The van der Waals surface area contributed by atoms with Crippen molar-refractivity contribution in [3.63, 3.8) is 0 Å². The lowest BCUT2D eigenvalue weighted by Crippen LogP contribution is -2.48. The summed E-state index contributed by atoms with van der Waals surface area (Å²) in [6.07, 6.45) is 0.775. The van der Waals surface area contributed by atoms with E-state index in [9.17, 15) is 4.79 Å². The third-order valence-electron chi connectivity index (χ3n) is 6.02. The summed E-state index contributed by atoms with van der Waals surface area (Å²) in [5, 5.41) is 2.44. The highest BCUT2D eigenvalue weighted by atomic mass is 16.6. The Bertz CT molecular complexity index is 1020. The van der Waals surface area contributed by atoms with Gasteiger partial charge >= 0.3 is 6.09 Å². The number of amides is 1. The number of carbonyl (C=O) groups excluding carboxylic acids is 1. The average Bonchev–Trinajstić information content (AvgIpc) is 2.83. The lowest BCUT2D eigenvalue weighted by atomic mass is 10.0. The Kier molecular flexibility index (Phi) is 6.73. The number of piperazine rings is 1. The second kappa shape index (κ2) is 9.84. The topological polar surface area (TPSA) is 42.0 Å². The van der Waals surface area contributed by atoms with Gasteiger partial charge in [0, 0.05) is 38.3 Å². The van der Waals surface area contributed by atoms with E-state index in [1.54, 1.807) is 12.0 Å². The molecule has 1 fully saturated rings. The Morgan fingerprint density at radius 3 is 2.32 bits per heavy atom. The molecule has 0 bridgehead atoms. The van der Waals surface area contributed by atoms with E-state index in [4.69, 9.17) is 9.47 Å². The standard InChI is InChI=1S/C26H30N2O3/c1-3-20-8-10-21(11-9-20)19-31-26(29)28-16-14-27(15-17-28)18-24-23-7-5-4-6-22(23)12-13-25(24)30-2/h4-13H,3,14-19H2,1-2H3. The molecular weight excluding hydrogens is 388 g/mol. The lowest BCUT2D eigenvalue weighted by Gasteiger charge is -2.34. The van der Waals surface area contributed by atoms with E-state index in [1.807, 2.05) is 18.2 Å². The van der Waals surface area contributed by atoms with Gasteiger partial charge in [0.2, 0.25) is 0 Å². The fourth-order valence-electron chi connectivity index (χ4n) is 4.09. The molecule has 4 rings (SSSR count). The summed E-state index contributed by atoms with van der Waals surface area (Å²) >= 11 is 0. The van der Waals surface area contributed by atoms with E-state index in [1.165, 1.54) is 21.9 Å². The van der Waals surface area contributed by atoms with Crippen LogP contribution in [0.15, 0.2) is 60.7 Å². The van der Waals surface area contributed by atoms with Crippen molar-refractivity contribution in [3.05, 3.63) is 77.4 Å². The molecule has 1 saturated heterocycles. The molecule has 1 aliphatic heterocycles. The number of ether oxygens (including phenoxy) is 2. The van der Waals surface area contributed by atoms with Crippen LogP contribution in [0.1, 0.15) is 23.6 Å². The molecule has 5 nitrogen and oxygen atoms in total. The molecule has 3 aromatic rings. The Balaban J connectivity index is 1.32. The predicted octanol–water partition coefficient (Wildman–Crippen LogP) is 4.87. The Morgan fingerprint density at radius 1 is 0.903 bits per heavy atom. The molecule has 31 heavy (non-hydrogen) atoms. The van der Waals surface area contributed by atoms with Gasteiger partial charge in [-0.2, -0.15) is 0 Å². The number of nitrogens with zero attached hydrogens (tertiary/aromatic N) is 2. The molecule has 0 saturated carbocycles. The molecule has 1 amide bonds. The maximum atomic E-state index is 12.5. The van der Waals surface area contributed by atoms with Gasteiger partial charge in [-0.25, -0.2) is 4.79 Å². The van der Waals surface area contributed by atoms with Crippen molar-refractivity contribution in [3.8, 4) is 5.75 Å². The molecule has 0 atom stereocenters. The fraction of sp³-hybridized carbons (Fsp3) is 0.346. The summed E-state index contributed by atoms with van der Waals surface area (Å²) in [6, 6.07) is 20.8. The van der Waals surface area contributed by atoms with Gasteiger partial charge in [0.25, 0.3) is 0 Å². The van der Waals surface area contributed by atoms with E-state index in [-0.39, 0.29) is 6.09 Å². The summed E-state index contributed by atoms with van der Waals surface area (Å²) in [4.78, 5) is 16.7. The zero-order valence-electron chi connectivity index (χ0n) is 18.3. The molecule has 1 aliphatic rings. The molecular formula is C26H30N2O3. The minimum Gasteiger partial charge on any atom is -0.496 e. The highest BCUT2D eigenvalue weighted by Gasteiger charge is 2.23. The number of hydrogen-bond donors (Lipinski definition) is 0.